The Hall–Kier alpha value is -1.28. The topological polar surface area (TPSA) is 12.5 Å². The number of hydrogen-bond acceptors (Lipinski definition) is 2. The summed E-state index contributed by atoms with van der Waals surface area (Å²) in [4.78, 5) is 2.44. The van der Waals surface area contributed by atoms with Crippen LogP contribution in [0.3, 0.4) is 0 Å². The van der Waals surface area contributed by atoms with Gasteiger partial charge in [-0.2, -0.15) is 0 Å². The summed E-state index contributed by atoms with van der Waals surface area (Å²) in [6.07, 6.45) is 3.73. The molecule has 0 amide bonds. The fourth-order valence-corrected chi connectivity index (χ4v) is 2.91. The van der Waals surface area contributed by atoms with E-state index < -0.39 is 0 Å². The van der Waals surface area contributed by atoms with Crippen molar-refractivity contribution in [2.45, 2.75) is 12.5 Å². The van der Waals surface area contributed by atoms with E-state index in [0.29, 0.717) is 6.04 Å². The van der Waals surface area contributed by atoms with Crippen molar-refractivity contribution >= 4 is 5.57 Å². The van der Waals surface area contributed by atoms with Gasteiger partial charge in [-0.15, -0.1) is 0 Å². The third-order valence-corrected chi connectivity index (χ3v) is 3.84. The minimum Gasteiger partial charge on any atom is -0.497 e. The first-order valence-corrected chi connectivity index (χ1v) is 5.84. The summed E-state index contributed by atoms with van der Waals surface area (Å²) in [5, 5.41) is 0. The smallest absolute Gasteiger partial charge is 0.118 e. The molecule has 0 radical (unpaired) electrons. The molecule has 2 atom stereocenters. The van der Waals surface area contributed by atoms with Crippen LogP contribution in [0, 0.1) is 5.92 Å². The Bertz CT molecular complexity index is 421. The molecular weight excluding hydrogens is 198 g/mol. The van der Waals surface area contributed by atoms with Crippen LogP contribution < -0.4 is 4.74 Å². The quantitative estimate of drug-likeness (QED) is 0.751. The van der Waals surface area contributed by atoms with Crippen LogP contribution in [0.1, 0.15) is 12.0 Å². The second-order valence-corrected chi connectivity index (χ2v) is 4.79. The second-order valence-electron chi connectivity index (χ2n) is 4.79. The lowest BCUT2D eigenvalue weighted by Crippen LogP contribution is -2.25. The van der Waals surface area contributed by atoms with Crippen molar-refractivity contribution in [3.05, 3.63) is 35.9 Å². The van der Waals surface area contributed by atoms with Gasteiger partial charge in [0.2, 0.25) is 0 Å². The molecule has 0 saturated carbocycles. The molecule has 1 aliphatic carbocycles. The van der Waals surface area contributed by atoms with Crippen LogP contribution in [0.15, 0.2) is 30.3 Å². The van der Waals surface area contributed by atoms with E-state index in [-0.39, 0.29) is 0 Å². The third-order valence-electron chi connectivity index (χ3n) is 3.84. The molecular formula is C14H17NO. The lowest BCUT2D eigenvalue weighted by atomic mass is 9.95. The van der Waals surface area contributed by atoms with Gasteiger partial charge in [0.05, 0.1) is 7.11 Å². The zero-order valence-electron chi connectivity index (χ0n) is 9.81. The van der Waals surface area contributed by atoms with Gasteiger partial charge >= 0.3 is 0 Å². The summed E-state index contributed by atoms with van der Waals surface area (Å²) >= 11 is 0. The standard InChI is InChI=1S/C14H17NO/c1-15-9-11-7-12(15)8-14(11)10-3-5-13(16-2)6-4-10/h3-6,8,11-12H,7,9H2,1-2H3. The van der Waals surface area contributed by atoms with E-state index in [1.54, 1.807) is 7.11 Å². The van der Waals surface area contributed by atoms with Gasteiger partial charge in [-0.3, -0.25) is 4.90 Å². The van der Waals surface area contributed by atoms with Crippen LogP contribution >= 0.6 is 0 Å². The Balaban J connectivity index is 1.88. The molecule has 2 nitrogen and oxygen atoms in total. The van der Waals surface area contributed by atoms with Crippen LogP contribution in [0.2, 0.25) is 0 Å². The van der Waals surface area contributed by atoms with Gasteiger partial charge in [-0.05, 0) is 42.7 Å². The molecule has 0 aromatic heterocycles. The number of fused-ring (bicyclic) bond motifs is 2. The lowest BCUT2D eigenvalue weighted by Gasteiger charge is -2.21. The Morgan fingerprint density at radius 1 is 1.25 bits per heavy atom. The van der Waals surface area contributed by atoms with Crippen molar-refractivity contribution in [2.75, 3.05) is 20.7 Å². The fourth-order valence-electron chi connectivity index (χ4n) is 2.91. The summed E-state index contributed by atoms with van der Waals surface area (Å²) in [5.41, 5.74) is 2.90. The highest BCUT2D eigenvalue weighted by Crippen LogP contribution is 2.41. The molecule has 1 fully saturated rings. The molecule has 2 aliphatic rings. The number of nitrogens with zero attached hydrogens (tertiary/aromatic N) is 1. The predicted octanol–water partition coefficient (Wildman–Crippen LogP) is 2.41. The summed E-state index contributed by atoms with van der Waals surface area (Å²) in [6.45, 7) is 1.21. The molecule has 1 aliphatic heterocycles. The zero-order valence-corrected chi connectivity index (χ0v) is 9.81. The Labute approximate surface area is 96.5 Å². The molecule has 1 aromatic carbocycles. The van der Waals surface area contributed by atoms with Gasteiger partial charge < -0.3 is 4.74 Å². The molecule has 16 heavy (non-hydrogen) atoms. The van der Waals surface area contributed by atoms with Gasteiger partial charge in [0.15, 0.2) is 0 Å². The normalized spacial score (nSPS) is 28.2. The molecule has 0 spiro atoms. The van der Waals surface area contributed by atoms with Gasteiger partial charge in [-0.1, -0.05) is 18.2 Å². The Morgan fingerprint density at radius 2 is 2.00 bits per heavy atom. The number of benzene rings is 1. The average Bonchev–Trinajstić information content (AvgIpc) is 2.88. The number of methoxy groups -OCH3 is 1. The zero-order chi connectivity index (χ0) is 11.1. The van der Waals surface area contributed by atoms with Crippen molar-refractivity contribution in [3.8, 4) is 5.75 Å². The average molecular weight is 215 g/mol. The monoisotopic (exact) mass is 215 g/mol. The number of ether oxygens (including phenoxy) is 1. The minimum absolute atomic E-state index is 0.669. The van der Waals surface area contributed by atoms with Crippen LogP contribution in [0.5, 0.6) is 5.75 Å². The molecule has 2 heteroatoms. The molecule has 2 unspecified atom stereocenters. The number of likely N-dealkylation sites (tertiary alicyclic amines) is 1. The largest absolute Gasteiger partial charge is 0.497 e. The molecule has 2 bridgehead atoms. The molecule has 1 saturated heterocycles. The van der Waals surface area contributed by atoms with E-state index in [4.69, 9.17) is 4.74 Å². The summed E-state index contributed by atoms with van der Waals surface area (Å²) in [7, 11) is 3.92. The summed E-state index contributed by atoms with van der Waals surface area (Å²) in [5.74, 6) is 1.67. The first-order valence-electron chi connectivity index (χ1n) is 5.84. The van der Waals surface area contributed by atoms with Crippen LogP contribution in [0.4, 0.5) is 0 Å². The van der Waals surface area contributed by atoms with Gasteiger partial charge in [0, 0.05) is 12.6 Å². The van der Waals surface area contributed by atoms with Crippen LogP contribution in [-0.4, -0.2) is 31.6 Å². The van der Waals surface area contributed by atoms with E-state index >= 15 is 0 Å². The Morgan fingerprint density at radius 3 is 2.50 bits per heavy atom. The molecule has 84 valence electrons. The summed E-state index contributed by atoms with van der Waals surface area (Å²) in [6, 6.07) is 9.11. The lowest BCUT2D eigenvalue weighted by molar-refractivity contribution is 0.347. The number of likely N-dealkylation sites (N-methyl/N-ethyl adjacent to an activating group) is 1. The van der Waals surface area contributed by atoms with Crippen LogP contribution in [-0.2, 0) is 0 Å². The molecule has 0 N–H and O–H groups in total. The maximum absolute atomic E-state index is 5.18. The maximum atomic E-state index is 5.18. The predicted molar refractivity (Wildman–Crippen MR) is 65.5 cm³/mol. The van der Waals surface area contributed by atoms with E-state index in [0.717, 1.165) is 11.7 Å². The molecule has 3 rings (SSSR count). The van der Waals surface area contributed by atoms with Gasteiger partial charge in [-0.25, -0.2) is 0 Å². The molecule has 1 heterocycles. The highest BCUT2D eigenvalue weighted by atomic mass is 16.5. The highest BCUT2D eigenvalue weighted by Gasteiger charge is 2.36. The maximum Gasteiger partial charge on any atom is 0.118 e. The van der Waals surface area contributed by atoms with Crippen LogP contribution in [0.25, 0.3) is 5.57 Å². The van der Waals surface area contributed by atoms with Gasteiger partial charge in [0.25, 0.3) is 0 Å². The number of hydrogen-bond donors (Lipinski definition) is 0. The Kier molecular flexibility index (Phi) is 2.25. The highest BCUT2D eigenvalue weighted by molar-refractivity contribution is 5.72. The first-order chi connectivity index (χ1) is 7.78. The van der Waals surface area contributed by atoms with Crippen molar-refractivity contribution in [1.82, 2.24) is 4.90 Å². The van der Waals surface area contributed by atoms with E-state index in [9.17, 15) is 0 Å². The van der Waals surface area contributed by atoms with Crippen molar-refractivity contribution in [1.29, 1.82) is 0 Å². The summed E-state index contributed by atoms with van der Waals surface area (Å²) < 4.78 is 5.18. The van der Waals surface area contributed by atoms with Crippen molar-refractivity contribution in [2.24, 2.45) is 5.92 Å². The van der Waals surface area contributed by atoms with Gasteiger partial charge in [0.1, 0.15) is 5.75 Å². The second kappa shape index (κ2) is 3.63. The van der Waals surface area contributed by atoms with Crippen molar-refractivity contribution in [3.63, 3.8) is 0 Å². The SMILES string of the molecule is COc1ccc(C2=CC3CC2CN3C)cc1. The first kappa shape index (κ1) is 9.91. The van der Waals surface area contributed by atoms with E-state index in [1.165, 1.54) is 24.1 Å². The number of rotatable bonds is 2. The van der Waals surface area contributed by atoms with Crippen molar-refractivity contribution < 1.29 is 4.74 Å². The molecule has 1 aromatic rings. The van der Waals surface area contributed by atoms with E-state index in [1.807, 2.05) is 12.1 Å². The van der Waals surface area contributed by atoms with E-state index in [2.05, 4.69) is 30.2 Å². The fraction of sp³-hybridized carbons (Fsp3) is 0.429. The minimum atomic E-state index is 0.669. The third kappa shape index (κ3) is 1.45.